The van der Waals surface area contributed by atoms with Crippen LogP contribution in [0.2, 0.25) is 5.02 Å². The minimum absolute atomic E-state index is 0.666. The lowest BCUT2D eigenvalue weighted by molar-refractivity contribution is -0.104. The van der Waals surface area contributed by atoms with Crippen molar-refractivity contribution in [3.8, 4) is 0 Å². The molecule has 0 fully saturated rings. The lowest BCUT2D eigenvalue weighted by Crippen LogP contribution is -1.86. The first-order valence-corrected chi connectivity index (χ1v) is 3.83. The molecule has 0 aliphatic carbocycles. The Labute approximate surface area is 75.9 Å². The molecule has 1 aromatic rings. The van der Waals surface area contributed by atoms with Crippen LogP contribution in [0.15, 0.2) is 36.5 Å². The molecule has 0 bridgehead atoms. The van der Waals surface area contributed by atoms with Crippen LogP contribution in [0.5, 0.6) is 0 Å². The van der Waals surface area contributed by atoms with Crippen LogP contribution in [-0.2, 0) is 4.79 Å². The highest BCUT2D eigenvalue weighted by molar-refractivity contribution is 6.30. The van der Waals surface area contributed by atoms with Crippen molar-refractivity contribution in [3.05, 3.63) is 41.6 Å². The molecule has 0 aromatic heterocycles. The lowest BCUT2D eigenvalue weighted by Gasteiger charge is -1.98. The summed E-state index contributed by atoms with van der Waals surface area (Å²) in [6, 6.07) is 7.26. The topological polar surface area (TPSA) is 29.1 Å². The molecule has 0 unspecified atom stereocenters. The van der Waals surface area contributed by atoms with Crippen molar-refractivity contribution < 1.29 is 4.79 Å². The van der Waals surface area contributed by atoms with Gasteiger partial charge in [-0.2, -0.15) is 0 Å². The fourth-order valence-corrected chi connectivity index (χ4v) is 0.952. The quantitative estimate of drug-likeness (QED) is 0.574. The third-order valence-electron chi connectivity index (χ3n) is 1.25. The molecule has 1 rings (SSSR count). The van der Waals surface area contributed by atoms with Crippen molar-refractivity contribution in [1.29, 1.82) is 0 Å². The van der Waals surface area contributed by atoms with E-state index in [2.05, 4.69) is 5.32 Å². The lowest BCUT2D eigenvalue weighted by atomic mass is 10.3. The molecule has 0 heterocycles. The second-order valence-corrected chi connectivity index (χ2v) is 2.59. The molecule has 62 valence electrons. The van der Waals surface area contributed by atoms with Gasteiger partial charge < -0.3 is 5.32 Å². The van der Waals surface area contributed by atoms with Crippen LogP contribution in [0, 0.1) is 0 Å². The number of rotatable bonds is 3. The van der Waals surface area contributed by atoms with Gasteiger partial charge in [0.15, 0.2) is 0 Å². The zero-order valence-electron chi connectivity index (χ0n) is 6.33. The molecule has 0 radical (unpaired) electrons. The molecular weight excluding hydrogens is 174 g/mol. The minimum atomic E-state index is 0.666. The summed E-state index contributed by atoms with van der Waals surface area (Å²) in [5.74, 6) is 0. The zero-order valence-corrected chi connectivity index (χ0v) is 7.08. The van der Waals surface area contributed by atoms with Gasteiger partial charge in [-0.25, -0.2) is 0 Å². The highest BCUT2D eigenvalue weighted by Crippen LogP contribution is 2.14. The van der Waals surface area contributed by atoms with E-state index in [9.17, 15) is 4.79 Å². The molecule has 12 heavy (non-hydrogen) atoms. The standard InChI is InChI=1S/C9H8ClNO/c10-8-3-1-4-9(7-8)11-5-2-6-12/h1-7,11H/b5-2+. The predicted octanol–water partition coefficient (Wildman–Crippen LogP) is 2.46. The smallest absolute Gasteiger partial charge is 0.144 e. The number of carbonyl (C=O) groups is 1. The molecule has 1 aromatic carbocycles. The highest BCUT2D eigenvalue weighted by atomic mass is 35.5. The first-order chi connectivity index (χ1) is 5.83. The van der Waals surface area contributed by atoms with E-state index < -0.39 is 0 Å². The molecule has 0 atom stereocenters. The predicted molar refractivity (Wildman–Crippen MR) is 50.3 cm³/mol. The average Bonchev–Trinajstić information content (AvgIpc) is 2.05. The molecule has 0 aliphatic rings. The Morgan fingerprint density at radius 3 is 2.92 bits per heavy atom. The van der Waals surface area contributed by atoms with Gasteiger partial charge in [0, 0.05) is 16.9 Å². The summed E-state index contributed by atoms with van der Waals surface area (Å²) in [5, 5.41) is 3.56. The van der Waals surface area contributed by atoms with E-state index in [4.69, 9.17) is 11.6 Å². The summed E-state index contributed by atoms with van der Waals surface area (Å²) < 4.78 is 0. The van der Waals surface area contributed by atoms with Gasteiger partial charge in [0.2, 0.25) is 0 Å². The van der Waals surface area contributed by atoms with Gasteiger partial charge >= 0.3 is 0 Å². The third kappa shape index (κ3) is 2.76. The summed E-state index contributed by atoms with van der Waals surface area (Å²) in [4.78, 5) is 9.91. The second-order valence-electron chi connectivity index (χ2n) is 2.15. The Morgan fingerprint density at radius 1 is 1.42 bits per heavy atom. The molecule has 3 heteroatoms. The first-order valence-electron chi connectivity index (χ1n) is 3.45. The van der Waals surface area contributed by atoms with Gasteiger partial charge in [0.25, 0.3) is 0 Å². The Morgan fingerprint density at radius 2 is 2.25 bits per heavy atom. The molecular formula is C9H8ClNO. The monoisotopic (exact) mass is 181 g/mol. The van der Waals surface area contributed by atoms with Crippen molar-refractivity contribution >= 4 is 23.6 Å². The van der Waals surface area contributed by atoms with Gasteiger partial charge in [-0.05, 0) is 24.3 Å². The Bertz CT molecular complexity index is 296. The average molecular weight is 182 g/mol. The van der Waals surface area contributed by atoms with Crippen molar-refractivity contribution in [3.63, 3.8) is 0 Å². The maximum Gasteiger partial charge on any atom is 0.144 e. The summed E-state index contributed by atoms with van der Waals surface area (Å²) in [6.07, 6.45) is 3.64. The number of halogens is 1. The third-order valence-corrected chi connectivity index (χ3v) is 1.48. The molecule has 2 nitrogen and oxygen atoms in total. The Hall–Kier alpha value is -1.28. The van der Waals surface area contributed by atoms with Crippen LogP contribution < -0.4 is 5.32 Å². The second kappa shape index (κ2) is 4.57. The van der Waals surface area contributed by atoms with Gasteiger partial charge in [0.05, 0.1) is 0 Å². The van der Waals surface area contributed by atoms with Crippen LogP contribution in [-0.4, -0.2) is 6.29 Å². The van der Waals surface area contributed by atoms with Crippen LogP contribution >= 0.6 is 11.6 Å². The van der Waals surface area contributed by atoms with Crippen molar-refractivity contribution in [2.24, 2.45) is 0 Å². The summed E-state index contributed by atoms with van der Waals surface area (Å²) in [6.45, 7) is 0. The normalized spacial score (nSPS) is 10.1. The van der Waals surface area contributed by atoms with Crippen LogP contribution in [0.25, 0.3) is 0 Å². The number of anilines is 1. The molecule has 0 aliphatic heterocycles. The maximum absolute atomic E-state index is 9.91. The van der Waals surface area contributed by atoms with Crippen molar-refractivity contribution in [2.75, 3.05) is 5.32 Å². The summed E-state index contributed by atoms with van der Waals surface area (Å²) >= 11 is 5.72. The number of aldehydes is 1. The van der Waals surface area contributed by atoms with E-state index in [-0.39, 0.29) is 0 Å². The van der Waals surface area contributed by atoms with E-state index in [0.29, 0.717) is 11.3 Å². The Kier molecular flexibility index (Phi) is 3.35. The Balaban J connectivity index is 2.63. The van der Waals surface area contributed by atoms with Gasteiger partial charge in [-0.15, -0.1) is 0 Å². The zero-order chi connectivity index (χ0) is 8.81. The number of hydrogen-bond donors (Lipinski definition) is 1. The van der Waals surface area contributed by atoms with Crippen molar-refractivity contribution in [2.45, 2.75) is 0 Å². The number of hydrogen-bond acceptors (Lipinski definition) is 2. The molecule has 0 spiro atoms. The van der Waals surface area contributed by atoms with Gasteiger partial charge in [-0.3, -0.25) is 4.79 Å². The number of benzene rings is 1. The summed E-state index contributed by atoms with van der Waals surface area (Å²) in [7, 11) is 0. The van der Waals surface area contributed by atoms with E-state index in [1.54, 1.807) is 18.3 Å². The molecule has 0 saturated heterocycles. The molecule has 1 N–H and O–H groups in total. The molecule has 0 amide bonds. The number of allylic oxidation sites excluding steroid dienone is 1. The van der Waals surface area contributed by atoms with E-state index >= 15 is 0 Å². The SMILES string of the molecule is O=C/C=C/Nc1cccc(Cl)c1. The first kappa shape index (κ1) is 8.81. The van der Waals surface area contributed by atoms with E-state index in [1.807, 2.05) is 12.1 Å². The van der Waals surface area contributed by atoms with E-state index in [0.717, 1.165) is 5.69 Å². The largest absolute Gasteiger partial charge is 0.362 e. The molecule has 0 saturated carbocycles. The van der Waals surface area contributed by atoms with Crippen LogP contribution in [0.3, 0.4) is 0 Å². The fourth-order valence-electron chi connectivity index (χ4n) is 0.762. The number of nitrogens with one attached hydrogen (secondary N) is 1. The van der Waals surface area contributed by atoms with Gasteiger partial charge in [-0.1, -0.05) is 17.7 Å². The van der Waals surface area contributed by atoms with Crippen LogP contribution in [0.1, 0.15) is 0 Å². The summed E-state index contributed by atoms with van der Waals surface area (Å²) in [5.41, 5.74) is 0.862. The van der Waals surface area contributed by atoms with E-state index in [1.165, 1.54) is 6.08 Å². The van der Waals surface area contributed by atoms with Crippen molar-refractivity contribution in [1.82, 2.24) is 0 Å². The fraction of sp³-hybridized carbons (Fsp3) is 0. The minimum Gasteiger partial charge on any atom is -0.362 e. The van der Waals surface area contributed by atoms with Crippen LogP contribution in [0.4, 0.5) is 5.69 Å². The number of carbonyl (C=O) groups excluding carboxylic acids is 1. The van der Waals surface area contributed by atoms with Gasteiger partial charge in [0.1, 0.15) is 6.29 Å². The highest BCUT2D eigenvalue weighted by Gasteiger charge is 1.88. The maximum atomic E-state index is 9.91.